The first-order valence-corrected chi connectivity index (χ1v) is 9.01. The molecule has 0 saturated carbocycles. The number of hydrogen-bond acceptors (Lipinski definition) is 6. The monoisotopic (exact) mass is 378 g/mol. The number of nitrogens with zero attached hydrogens (tertiary/aromatic N) is 3. The van der Waals surface area contributed by atoms with Crippen molar-refractivity contribution < 1.29 is 18.7 Å². The van der Waals surface area contributed by atoms with Crippen LogP contribution < -0.4 is 5.32 Å². The smallest absolute Gasteiger partial charge is 0.231 e. The third-order valence-corrected chi connectivity index (χ3v) is 4.95. The zero-order chi connectivity index (χ0) is 18.5. The molecule has 26 heavy (non-hydrogen) atoms. The SMILES string of the molecule is COCc1nnc(NC(=O)[C@H]2CC(=O)N(CCc3ccc(F)cc3)C2)s1. The standard InChI is InChI=1S/C17H19FN4O3S/c1-25-10-14-20-21-17(26-14)19-16(24)12-8-15(23)22(9-12)7-6-11-2-4-13(18)5-3-11/h2-5,12H,6-10H2,1H3,(H,19,21,24)/t12-/m0/s1. The number of halogens is 1. The van der Waals surface area contributed by atoms with Crippen LogP contribution in [0.5, 0.6) is 0 Å². The highest BCUT2D eigenvalue weighted by atomic mass is 32.1. The Balaban J connectivity index is 1.51. The molecule has 1 saturated heterocycles. The number of aromatic nitrogens is 2. The van der Waals surface area contributed by atoms with Gasteiger partial charge in [-0.3, -0.25) is 9.59 Å². The van der Waals surface area contributed by atoms with E-state index in [9.17, 15) is 14.0 Å². The van der Waals surface area contributed by atoms with Crippen molar-refractivity contribution in [2.75, 3.05) is 25.5 Å². The zero-order valence-electron chi connectivity index (χ0n) is 14.3. The van der Waals surface area contributed by atoms with Gasteiger partial charge in [-0.15, -0.1) is 10.2 Å². The molecule has 3 rings (SSSR count). The van der Waals surface area contributed by atoms with Crippen molar-refractivity contribution in [2.24, 2.45) is 5.92 Å². The summed E-state index contributed by atoms with van der Waals surface area (Å²) in [6.07, 6.45) is 0.802. The Morgan fingerprint density at radius 2 is 2.15 bits per heavy atom. The minimum absolute atomic E-state index is 0.0513. The Kier molecular flexibility index (Phi) is 5.89. The molecule has 1 aliphatic rings. The molecule has 1 fully saturated rings. The van der Waals surface area contributed by atoms with E-state index in [2.05, 4.69) is 15.5 Å². The molecule has 1 aliphatic heterocycles. The first-order chi connectivity index (χ1) is 12.5. The van der Waals surface area contributed by atoms with Crippen molar-refractivity contribution in [1.29, 1.82) is 0 Å². The maximum Gasteiger partial charge on any atom is 0.231 e. The Morgan fingerprint density at radius 3 is 2.88 bits per heavy atom. The maximum absolute atomic E-state index is 12.9. The van der Waals surface area contributed by atoms with Crippen LogP contribution in [0.4, 0.5) is 9.52 Å². The number of carbonyl (C=O) groups excluding carboxylic acids is 2. The molecule has 2 heterocycles. The van der Waals surface area contributed by atoms with E-state index < -0.39 is 5.92 Å². The fraction of sp³-hybridized carbons (Fsp3) is 0.412. The summed E-state index contributed by atoms with van der Waals surface area (Å²) >= 11 is 1.25. The molecule has 2 amide bonds. The summed E-state index contributed by atoms with van der Waals surface area (Å²) in [5.74, 6) is -0.981. The average molecular weight is 378 g/mol. The minimum Gasteiger partial charge on any atom is -0.377 e. The second kappa shape index (κ2) is 8.33. The quantitative estimate of drug-likeness (QED) is 0.795. The summed E-state index contributed by atoms with van der Waals surface area (Å²) in [5.41, 5.74) is 0.951. The largest absolute Gasteiger partial charge is 0.377 e. The van der Waals surface area contributed by atoms with Gasteiger partial charge in [-0.25, -0.2) is 4.39 Å². The maximum atomic E-state index is 12.9. The van der Waals surface area contributed by atoms with Gasteiger partial charge in [0.05, 0.1) is 5.92 Å². The van der Waals surface area contributed by atoms with Crippen LogP contribution in [0, 0.1) is 11.7 Å². The lowest BCUT2D eigenvalue weighted by Gasteiger charge is -2.16. The van der Waals surface area contributed by atoms with Crippen LogP contribution in [0.1, 0.15) is 17.0 Å². The van der Waals surface area contributed by atoms with Crippen LogP contribution in [-0.4, -0.2) is 47.1 Å². The van der Waals surface area contributed by atoms with E-state index in [1.807, 2.05) is 0 Å². The second-order valence-corrected chi connectivity index (χ2v) is 7.10. The number of amides is 2. The lowest BCUT2D eigenvalue weighted by Crippen LogP contribution is -2.30. The first-order valence-electron chi connectivity index (χ1n) is 8.19. The van der Waals surface area contributed by atoms with E-state index in [-0.39, 0.29) is 24.1 Å². The van der Waals surface area contributed by atoms with Gasteiger partial charge in [-0.05, 0) is 24.1 Å². The van der Waals surface area contributed by atoms with Gasteiger partial charge in [0, 0.05) is 26.6 Å². The van der Waals surface area contributed by atoms with Crippen LogP contribution >= 0.6 is 11.3 Å². The van der Waals surface area contributed by atoms with Gasteiger partial charge in [0.25, 0.3) is 0 Å². The number of hydrogen-bond donors (Lipinski definition) is 1. The highest BCUT2D eigenvalue weighted by Crippen LogP contribution is 2.22. The Hall–Kier alpha value is -2.39. The summed E-state index contributed by atoms with van der Waals surface area (Å²) < 4.78 is 17.9. The molecular weight excluding hydrogens is 359 g/mol. The molecule has 0 spiro atoms. The van der Waals surface area contributed by atoms with Gasteiger partial charge < -0.3 is 15.0 Å². The highest BCUT2D eigenvalue weighted by Gasteiger charge is 2.34. The Bertz CT molecular complexity index is 781. The molecule has 0 bridgehead atoms. The zero-order valence-corrected chi connectivity index (χ0v) is 15.1. The summed E-state index contributed by atoms with van der Waals surface area (Å²) in [7, 11) is 1.56. The van der Waals surface area contributed by atoms with Gasteiger partial charge >= 0.3 is 0 Å². The van der Waals surface area contributed by atoms with Gasteiger partial charge in [0.15, 0.2) is 0 Å². The topological polar surface area (TPSA) is 84.4 Å². The second-order valence-electron chi connectivity index (χ2n) is 6.04. The predicted octanol–water partition coefficient (Wildman–Crippen LogP) is 1.85. The number of ether oxygens (including phenoxy) is 1. The normalized spacial score (nSPS) is 16.9. The lowest BCUT2D eigenvalue weighted by molar-refractivity contribution is -0.128. The van der Waals surface area contributed by atoms with Crippen molar-refractivity contribution in [2.45, 2.75) is 19.4 Å². The van der Waals surface area contributed by atoms with Crippen LogP contribution in [0.2, 0.25) is 0 Å². The van der Waals surface area contributed by atoms with Crippen molar-refractivity contribution in [3.05, 3.63) is 40.7 Å². The third kappa shape index (κ3) is 4.61. The number of nitrogens with one attached hydrogen (secondary N) is 1. The third-order valence-electron chi connectivity index (χ3n) is 4.13. The van der Waals surface area contributed by atoms with Crippen molar-refractivity contribution in [3.8, 4) is 0 Å². The molecule has 1 atom stereocenters. The van der Waals surface area contributed by atoms with E-state index in [4.69, 9.17) is 4.74 Å². The predicted molar refractivity (Wildman–Crippen MR) is 94.0 cm³/mol. The molecule has 1 N–H and O–H groups in total. The number of carbonyl (C=O) groups is 2. The van der Waals surface area contributed by atoms with E-state index in [0.29, 0.717) is 36.3 Å². The number of anilines is 1. The molecule has 7 nitrogen and oxygen atoms in total. The molecule has 138 valence electrons. The molecular formula is C17H19FN4O3S. The van der Waals surface area contributed by atoms with Crippen molar-refractivity contribution >= 4 is 28.3 Å². The lowest BCUT2D eigenvalue weighted by atomic mass is 10.1. The fourth-order valence-corrected chi connectivity index (χ4v) is 3.49. The van der Waals surface area contributed by atoms with Crippen molar-refractivity contribution in [3.63, 3.8) is 0 Å². The first kappa shape index (κ1) is 18.4. The van der Waals surface area contributed by atoms with Crippen LogP contribution in [0.3, 0.4) is 0 Å². The molecule has 2 aromatic rings. The van der Waals surface area contributed by atoms with Gasteiger partial charge in [0.1, 0.15) is 17.4 Å². The van der Waals surface area contributed by atoms with Crippen LogP contribution in [0.25, 0.3) is 0 Å². The molecule has 1 aromatic heterocycles. The molecule has 0 aliphatic carbocycles. The molecule has 0 radical (unpaired) electrons. The minimum atomic E-state index is -0.412. The molecule has 9 heteroatoms. The number of likely N-dealkylation sites (tertiary alicyclic amines) is 1. The Labute approximate surface area is 154 Å². The van der Waals surface area contributed by atoms with E-state index >= 15 is 0 Å². The average Bonchev–Trinajstić information content (AvgIpc) is 3.21. The van der Waals surface area contributed by atoms with Gasteiger partial charge in [-0.1, -0.05) is 23.5 Å². The summed E-state index contributed by atoms with van der Waals surface area (Å²) in [4.78, 5) is 26.2. The molecule has 1 aromatic carbocycles. The van der Waals surface area contributed by atoms with Gasteiger partial charge in [0.2, 0.25) is 16.9 Å². The van der Waals surface area contributed by atoms with E-state index in [0.717, 1.165) is 5.56 Å². The van der Waals surface area contributed by atoms with E-state index in [1.165, 1.54) is 23.5 Å². The fourth-order valence-electron chi connectivity index (χ4n) is 2.77. The highest BCUT2D eigenvalue weighted by molar-refractivity contribution is 7.15. The summed E-state index contributed by atoms with van der Waals surface area (Å²) in [6, 6.07) is 6.20. The number of benzene rings is 1. The number of rotatable bonds is 7. The van der Waals surface area contributed by atoms with E-state index in [1.54, 1.807) is 24.1 Å². The summed E-state index contributed by atoms with van der Waals surface area (Å²) in [6.45, 7) is 1.22. The van der Waals surface area contributed by atoms with Crippen molar-refractivity contribution in [1.82, 2.24) is 15.1 Å². The summed E-state index contributed by atoms with van der Waals surface area (Å²) in [5, 5.41) is 11.6. The number of methoxy groups -OCH3 is 1. The van der Waals surface area contributed by atoms with Crippen LogP contribution in [0.15, 0.2) is 24.3 Å². The molecule has 0 unspecified atom stereocenters. The van der Waals surface area contributed by atoms with Crippen LogP contribution in [-0.2, 0) is 27.4 Å². The van der Waals surface area contributed by atoms with Gasteiger partial charge in [-0.2, -0.15) is 0 Å². The Morgan fingerprint density at radius 1 is 1.38 bits per heavy atom.